The highest BCUT2D eigenvalue weighted by Gasteiger charge is 2.50. The van der Waals surface area contributed by atoms with Crippen molar-refractivity contribution in [2.75, 3.05) is 38.7 Å². The summed E-state index contributed by atoms with van der Waals surface area (Å²) in [5.41, 5.74) is 3.00. The molecule has 0 spiro atoms. The number of halogens is 3. The van der Waals surface area contributed by atoms with Crippen molar-refractivity contribution in [3.8, 4) is 11.5 Å². The minimum atomic E-state index is -4.52. The molecule has 3 aliphatic heterocycles. The minimum Gasteiger partial charge on any atom is -0.495 e. The van der Waals surface area contributed by atoms with Gasteiger partial charge in [0.2, 0.25) is 0 Å². The molecule has 4 aliphatic rings. The molecule has 3 N–H and O–H groups in total. The molecule has 0 bridgehead atoms. The first-order chi connectivity index (χ1) is 22.2. The van der Waals surface area contributed by atoms with E-state index >= 15 is 0 Å². The minimum absolute atomic E-state index is 0.0864. The number of carbonyl (C=O) groups excluding carboxylic acids is 1. The van der Waals surface area contributed by atoms with E-state index < -0.39 is 30.5 Å². The quantitative estimate of drug-likeness (QED) is 0.367. The maximum Gasteiger partial charge on any atom is 0.397 e. The smallest absolute Gasteiger partial charge is 0.397 e. The number of anilines is 1. The van der Waals surface area contributed by atoms with Crippen molar-refractivity contribution in [3.05, 3.63) is 53.1 Å². The van der Waals surface area contributed by atoms with Gasteiger partial charge in [0, 0.05) is 56.1 Å². The third-order valence-corrected chi connectivity index (χ3v) is 9.75. The number of nitrogens with one attached hydrogen (secondary N) is 3. The molecule has 0 saturated carbocycles. The fourth-order valence-corrected chi connectivity index (χ4v) is 7.21. The van der Waals surface area contributed by atoms with E-state index in [4.69, 9.17) is 14.2 Å². The summed E-state index contributed by atoms with van der Waals surface area (Å²) >= 11 is 0. The summed E-state index contributed by atoms with van der Waals surface area (Å²) in [5, 5.41) is 9.29. The van der Waals surface area contributed by atoms with E-state index in [1.807, 2.05) is 12.1 Å². The second-order valence-corrected chi connectivity index (χ2v) is 12.8. The number of fused-ring (bicyclic) bond motifs is 1. The Morgan fingerprint density at radius 2 is 1.85 bits per heavy atom. The lowest BCUT2D eigenvalue weighted by atomic mass is 9.92. The molecule has 12 heteroatoms. The molecule has 0 radical (unpaired) electrons. The van der Waals surface area contributed by atoms with Crippen LogP contribution < -0.4 is 25.4 Å². The Bertz CT molecular complexity index is 1390. The predicted molar refractivity (Wildman–Crippen MR) is 170 cm³/mol. The molecule has 2 aromatic carbocycles. The Labute approximate surface area is 268 Å². The van der Waals surface area contributed by atoms with Crippen molar-refractivity contribution in [2.45, 2.75) is 82.6 Å². The van der Waals surface area contributed by atoms with E-state index in [-0.39, 0.29) is 11.9 Å². The van der Waals surface area contributed by atoms with Gasteiger partial charge < -0.3 is 29.7 Å². The van der Waals surface area contributed by atoms with Crippen LogP contribution in [0.5, 0.6) is 11.5 Å². The molecule has 3 heterocycles. The van der Waals surface area contributed by atoms with Crippen molar-refractivity contribution >= 4 is 17.8 Å². The number of hydrogen-bond donors (Lipinski definition) is 3. The number of amides is 1. The number of likely N-dealkylation sites (tertiary alicyclic amines) is 1. The van der Waals surface area contributed by atoms with E-state index in [1.165, 1.54) is 20.2 Å². The van der Waals surface area contributed by atoms with Crippen LogP contribution in [0.15, 0.2) is 41.4 Å². The number of benzene rings is 2. The number of methoxy groups -OCH3 is 1. The third kappa shape index (κ3) is 7.44. The average molecular weight is 644 g/mol. The highest BCUT2D eigenvalue weighted by atomic mass is 19.4. The van der Waals surface area contributed by atoms with Crippen LogP contribution in [0.2, 0.25) is 0 Å². The number of rotatable bonds is 8. The molecule has 4 unspecified atom stereocenters. The lowest BCUT2D eigenvalue weighted by Crippen LogP contribution is -2.53. The molecule has 2 fully saturated rings. The van der Waals surface area contributed by atoms with E-state index in [0.29, 0.717) is 28.8 Å². The number of alkyl halides is 3. The number of ether oxygens (including phenoxy) is 3. The molecular weight excluding hydrogens is 599 g/mol. The first kappa shape index (κ1) is 32.6. The molecule has 6 rings (SSSR count). The maximum atomic E-state index is 14.4. The van der Waals surface area contributed by atoms with Gasteiger partial charge >= 0.3 is 6.18 Å². The number of aliphatic imine (C=N–C) groups is 1. The first-order valence-corrected chi connectivity index (χ1v) is 16.4. The van der Waals surface area contributed by atoms with Crippen LogP contribution in [0.4, 0.5) is 18.9 Å². The SMILES string of the molecule is COc1cc(C(=O)NC2CCN(C3CCOCC3)CC2)ccc1NC1N=CC(C)C(C(F)(F)F)C(Oc2cccc3c2CCC3)N1. The predicted octanol–water partition coefficient (Wildman–Crippen LogP) is 5.15. The summed E-state index contributed by atoms with van der Waals surface area (Å²) in [6.07, 6.45) is 0.969. The summed E-state index contributed by atoms with van der Waals surface area (Å²) < 4.78 is 60.4. The van der Waals surface area contributed by atoms with E-state index in [1.54, 1.807) is 24.3 Å². The van der Waals surface area contributed by atoms with Crippen LogP contribution in [0.25, 0.3) is 0 Å². The summed E-state index contributed by atoms with van der Waals surface area (Å²) in [7, 11) is 1.49. The molecule has 2 aromatic rings. The maximum absolute atomic E-state index is 14.4. The molecule has 0 aromatic heterocycles. The zero-order valence-electron chi connectivity index (χ0n) is 26.4. The Hall–Kier alpha value is -3.35. The van der Waals surface area contributed by atoms with Crippen molar-refractivity contribution in [1.29, 1.82) is 0 Å². The van der Waals surface area contributed by atoms with Crippen LogP contribution in [-0.2, 0) is 17.6 Å². The third-order valence-electron chi connectivity index (χ3n) is 9.75. The Morgan fingerprint density at radius 1 is 1.07 bits per heavy atom. The van der Waals surface area contributed by atoms with Gasteiger partial charge in [-0.15, -0.1) is 0 Å². The van der Waals surface area contributed by atoms with Crippen LogP contribution in [0.3, 0.4) is 0 Å². The van der Waals surface area contributed by atoms with Crippen molar-refractivity contribution in [3.63, 3.8) is 0 Å². The fraction of sp³-hybridized carbons (Fsp3) is 0.588. The van der Waals surface area contributed by atoms with Crippen molar-refractivity contribution in [1.82, 2.24) is 15.5 Å². The summed E-state index contributed by atoms with van der Waals surface area (Å²) in [5.74, 6) is -2.10. The number of carbonyl (C=O) groups is 1. The molecule has 2 saturated heterocycles. The number of nitrogens with zero attached hydrogens (tertiary/aromatic N) is 2. The van der Waals surface area contributed by atoms with Crippen molar-refractivity contribution in [2.24, 2.45) is 16.8 Å². The van der Waals surface area contributed by atoms with Gasteiger partial charge in [-0.2, -0.15) is 13.2 Å². The van der Waals surface area contributed by atoms with Gasteiger partial charge in [0.15, 0.2) is 12.5 Å². The van der Waals surface area contributed by atoms with Gasteiger partial charge in [0.25, 0.3) is 5.91 Å². The van der Waals surface area contributed by atoms with Crippen LogP contribution >= 0.6 is 0 Å². The Balaban J connectivity index is 1.12. The molecule has 4 atom stereocenters. The van der Waals surface area contributed by atoms with Gasteiger partial charge in [-0.3, -0.25) is 9.79 Å². The van der Waals surface area contributed by atoms with E-state index in [0.717, 1.165) is 82.4 Å². The highest BCUT2D eigenvalue weighted by Crippen LogP contribution is 2.39. The monoisotopic (exact) mass is 643 g/mol. The molecule has 1 aliphatic carbocycles. The van der Waals surface area contributed by atoms with Crippen molar-refractivity contribution < 1.29 is 32.2 Å². The Kier molecular flexibility index (Phi) is 10.0. The molecule has 250 valence electrons. The molecule has 9 nitrogen and oxygen atoms in total. The van der Waals surface area contributed by atoms with Gasteiger partial charge in [0.1, 0.15) is 17.4 Å². The highest BCUT2D eigenvalue weighted by molar-refractivity contribution is 5.95. The Morgan fingerprint density at radius 3 is 2.59 bits per heavy atom. The molecule has 46 heavy (non-hydrogen) atoms. The fourth-order valence-electron chi connectivity index (χ4n) is 7.21. The number of hydrogen-bond acceptors (Lipinski definition) is 8. The zero-order valence-corrected chi connectivity index (χ0v) is 26.4. The van der Waals surface area contributed by atoms with E-state index in [2.05, 4.69) is 25.8 Å². The van der Waals surface area contributed by atoms with Gasteiger partial charge in [-0.25, -0.2) is 5.32 Å². The summed E-state index contributed by atoms with van der Waals surface area (Å²) in [6, 6.07) is 11.2. The average Bonchev–Trinajstić information content (AvgIpc) is 3.48. The lowest BCUT2D eigenvalue weighted by Gasteiger charge is -2.39. The standard InChI is InChI=1S/C34H44F3N5O4/c1-21-20-38-33(41-32(30(21)34(35,36)37)46-28-8-4-6-22-5-3-7-26(22)28)40-27-10-9-23(19-29(27)44-2)31(43)39-24-11-15-42(16-12-24)25-13-17-45-18-14-25/h4,6,8-10,19-21,24-25,30,32-33,40-41H,3,5,7,11-18H2,1-2H3,(H,39,43). The van der Waals surface area contributed by atoms with Crippen LogP contribution in [0.1, 0.15) is 60.5 Å². The number of aryl methyl sites for hydroxylation is 1. The van der Waals surface area contributed by atoms with Gasteiger partial charge in [-0.05, 0) is 80.3 Å². The second kappa shape index (κ2) is 14.2. The van der Waals surface area contributed by atoms with E-state index in [9.17, 15) is 18.0 Å². The molecular formula is C34H44F3N5O4. The van der Waals surface area contributed by atoms with Gasteiger partial charge in [0.05, 0.1) is 12.8 Å². The number of piperidine rings is 1. The summed E-state index contributed by atoms with van der Waals surface area (Å²) in [6.45, 7) is 5.02. The summed E-state index contributed by atoms with van der Waals surface area (Å²) in [4.78, 5) is 20.1. The first-order valence-electron chi connectivity index (χ1n) is 16.4. The van der Waals surface area contributed by atoms with Gasteiger partial charge in [-0.1, -0.05) is 19.1 Å². The topological polar surface area (TPSA) is 96.5 Å². The lowest BCUT2D eigenvalue weighted by molar-refractivity contribution is -0.207. The zero-order chi connectivity index (χ0) is 32.3. The normalized spacial score (nSPS) is 26.3. The van der Waals surface area contributed by atoms with Crippen LogP contribution in [0, 0.1) is 11.8 Å². The second-order valence-electron chi connectivity index (χ2n) is 12.8. The van der Waals surface area contributed by atoms with Crippen LogP contribution in [-0.4, -0.2) is 81.2 Å². The largest absolute Gasteiger partial charge is 0.495 e. The molecule has 1 amide bonds.